The molecule has 21 heavy (non-hydrogen) atoms. The molecule has 0 atom stereocenters. The largest absolute Gasteiger partial charge is 0.394 e. The van der Waals surface area contributed by atoms with Gasteiger partial charge in [-0.3, -0.25) is 0 Å². The van der Waals surface area contributed by atoms with Crippen LogP contribution in [0.4, 0.5) is 10.8 Å². The van der Waals surface area contributed by atoms with Gasteiger partial charge < -0.3 is 15.2 Å². The molecule has 0 fully saturated rings. The minimum Gasteiger partial charge on any atom is -0.394 e. The lowest BCUT2D eigenvalue weighted by atomic mass is 10.1. The molecule has 1 heterocycles. The van der Waals surface area contributed by atoms with Crippen molar-refractivity contribution in [3.63, 3.8) is 0 Å². The van der Waals surface area contributed by atoms with E-state index >= 15 is 0 Å². The highest BCUT2D eigenvalue weighted by Crippen LogP contribution is 2.29. The zero-order valence-electron chi connectivity index (χ0n) is 12.1. The van der Waals surface area contributed by atoms with Gasteiger partial charge in [0.2, 0.25) is 5.13 Å². The normalized spacial score (nSPS) is 10.8. The molecule has 1 aromatic carbocycles. The minimum absolute atomic E-state index is 0.0629. The molecule has 1 aromatic heterocycles. The molecule has 0 unspecified atom stereocenters. The molecule has 2 N–H and O–H groups in total. The van der Waals surface area contributed by atoms with Gasteiger partial charge in [0.25, 0.3) is 0 Å². The first-order chi connectivity index (χ1) is 10.2. The third-order valence-corrected chi connectivity index (χ3v) is 4.88. The molecule has 5 nitrogen and oxygen atoms in total. The van der Waals surface area contributed by atoms with E-state index in [0.717, 1.165) is 20.9 Å². The monoisotopic (exact) mass is 325 g/mol. The summed E-state index contributed by atoms with van der Waals surface area (Å²) in [5.74, 6) is 0.804. The Kier molecular flexibility index (Phi) is 6.44. The third kappa shape index (κ3) is 4.96. The summed E-state index contributed by atoms with van der Waals surface area (Å²) >= 11 is 3.14. The lowest BCUT2D eigenvalue weighted by Gasteiger charge is -2.08. The maximum Gasteiger partial charge on any atom is 0.210 e. The quantitative estimate of drug-likeness (QED) is 0.574. The maximum atomic E-state index is 8.61. The topological polar surface area (TPSA) is 67.3 Å². The number of aliphatic hydroxyl groups excluding tert-OH is 1. The Balaban J connectivity index is 1.87. The average molecular weight is 325 g/mol. The number of thioether (sulfide) groups is 1. The minimum atomic E-state index is 0.0629. The van der Waals surface area contributed by atoms with Gasteiger partial charge in [0.1, 0.15) is 0 Å². The van der Waals surface area contributed by atoms with Gasteiger partial charge in [-0.25, -0.2) is 0 Å². The number of aromatic nitrogens is 2. The Morgan fingerprint density at radius 3 is 2.95 bits per heavy atom. The van der Waals surface area contributed by atoms with Crippen molar-refractivity contribution in [1.82, 2.24) is 10.2 Å². The van der Waals surface area contributed by atoms with Gasteiger partial charge >= 0.3 is 0 Å². The zero-order valence-corrected chi connectivity index (χ0v) is 13.8. The second kappa shape index (κ2) is 8.33. The standard InChI is InChI=1S/C14H19N3O2S2/c1-10-4-3-5-12(11(10)2)15-13-16-17-14(21-13)20-9-8-19-7-6-18/h3-5,18H,6-9H2,1-2H3,(H,15,16). The lowest BCUT2D eigenvalue weighted by molar-refractivity contribution is 0.103. The fraction of sp³-hybridized carbons (Fsp3) is 0.429. The van der Waals surface area contributed by atoms with E-state index in [1.54, 1.807) is 11.8 Å². The van der Waals surface area contributed by atoms with Gasteiger partial charge in [-0.2, -0.15) is 0 Å². The summed E-state index contributed by atoms with van der Waals surface area (Å²) in [5, 5.41) is 21.0. The van der Waals surface area contributed by atoms with Crippen molar-refractivity contribution in [3.05, 3.63) is 29.3 Å². The molecule has 0 saturated carbocycles. The molecular formula is C14H19N3O2S2. The van der Waals surface area contributed by atoms with Crippen LogP contribution in [0.15, 0.2) is 22.5 Å². The number of nitrogens with zero attached hydrogens (tertiary/aromatic N) is 2. The van der Waals surface area contributed by atoms with Gasteiger partial charge in [-0.1, -0.05) is 35.2 Å². The number of benzene rings is 1. The van der Waals surface area contributed by atoms with Crippen LogP contribution < -0.4 is 5.32 Å². The molecule has 0 saturated heterocycles. The first kappa shape index (κ1) is 16.2. The first-order valence-electron chi connectivity index (χ1n) is 6.69. The van der Waals surface area contributed by atoms with Crippen LogP contribution in [0.5, 0.6) is 0 Å². The second-order valence-corrected chi connectivity index (χ2v) is 6.75. The van der Waals surface area contributed by atoms with Crippen molar-refractivity contribution in [2.75, 3.05) is 30.9 Å². The third-order valence-electron chi connectivity index (χ3n) is 2.94. The summed E-state index contributed by atoms with van der Waals surface area (Å²) in [6.07, 6.45) is 0. The molecule has 0 aliphatic heterocycles. The summed E-state index contributed by atoms with van der Waals surface area (Å²) in [4.78, 5) is 0. The number of anilines is 2. The molecule has 0 spiro atoms. The van der Waals surface area contributed by atoms with Gasteiger partial charge in [0.05, 0.1) is 19.8 Å². The van der Waals surface area contributed by atoms with Gasteiger partial charge in [0, 0.05) is 11.4 Å². The molecule has 2 rings (SSSR count). The molecule has 0 aliphatic rings. The van der Waals surface area contributed by atoms with Crippen LogP contribution in [0.25, 0.3) is 0 Å². The molecule has 0 aliphatic carbocycles. The molecule has 2 aromatic rings. The number of aryl methyl sites for hydroxylation is 1. The molecular weight excluding hydrogens is 306 g/mol. The number of ether oxygens (including phenoxy) is 1. The highest BCUT2D eigenvalue weighted by molar-refractivity contribution is 8.01. The summed E-state index contributed by atoms with van der Waals surface area (Å²) in [6.45, 7) is 5.23. The number of hydrogen-bond acceptors (Lipinski definition) is 7. The number of hydrogen-bond donors (Lipinski definition) is 2. The fourth-order valence-electron chi connectivity index (χ4n) is 1.67. The van der Waals surface area contributed by atoms with Crippen molar-refractivity contribution in [2.45, 2.75) is 18.2 Å². The van der Waals surface area contributed by atoms with Crippen LogP contribution in [-0.4, -0.2) is 40.9 Å². The van der Waals surface area contributed by atoms with Crippen LogP contribution in [0.1, 0.15) is 11.1 Å². The fourth-order valence-corrected chi connectivity index (χ4v) is 3.36. The van der Waals surface area contributed by atoms with Crippen LogP contribution in [0.2, 0.25) is 0 Å². The number of nitrogens with one attached hydrogen (secondary N) is 1. The Bertz CT molecular complexity index is 575. The van der Waals surface area contributed by atoms with Crippen molar-refractivity contribution in [3.8, 4) is 0 Å². The van der Waals surface area contributed by atoms with Crippen LogP contribution in [0, 0.1) is 13.8 Å². The van der Waals surface area contributed by atoms with Crippen LogP contribution in [0.3, 0.4) is 0 Å². The molecule has 0 radical (unpaired) electrons. The SMILES string of the molecule is Cc1cccc(Nc2nnc(SCCOCCO)s2)c1C. The molecule has 7 heteroatoms. The Hall–Kier alpha value is -1.15. The highest BCUT2D eigenvalue weighted by Gasteiger charge is 2.07. The van der Waals surface area contributed by atoms with Crippen molar-refractivity contribution in [1.29, 1.82) is 0 Å². The lowest BCUT2D eigenvalue weighted by Crippen LogP contribution is -2.02. The highest BCUT2D eigenvalue weighted by atomic mass is 32.2. The number of aliphatic hydroxyl groups is 1. The van der Waals surface area contributed by atoms with Crippen LogP contribution in [-0.2, 0) is 4.74 Å². The average Bonchev–Trinajstić information content (AvgIpc) is 2.91. The van der Waals surface area contributed by atoms with Gasteiger partial charge in [0.15, 0.2) is 4.34 Å². The van der Waals surface area contributed by atoms with Gasteiger partial charge in [-0.05, 0) is 31.0 Å². The summed E-state index contributed by atoms with van der Waals surface area (Å²) in [5.41, 5.74) is 3.54. The van der Waals surface area contributed by atoms with Gasteiger partial charge in [-0.15, -0.1) is 10.2 Å². The summed E-state index contributed by atoms with van der Waals surface area (Å²) < 4.78 is 6.12. The smallest absolute Gasteiger partial charge is 0.210 e. The predicted octanol–water partition coefficient (Wildman–Crippen LogP) is 3.00. The summed E-state index contributed by atoms with van der Waals surface area (Å²) in [6, 6.07) is 6.16. The van der Waals surface area contributed by atoms with E-state index in [9.17, 15) is 0 Å². The second-order valence-electron chi connectivity index (χ2n) is 4.43. The van der Waals surface area contributed by atoms with E-state index < -0.39 is 0 Å². The van der Waals surface area contributed by atoms with E-state index in [2.05, 4.69) is 35.4 Å². The van der Waals surface area contributed by atoms with E-state index in [0.29, 0.717) is 13.2 Å². The predicted molar refractivity (Wildman–Crippen MR) is 87.7 cm³/mol. The van der Waals surface area contributed by atoms with E-state index in [4.69, 9.17) is 9.84 Å². The first-order valence-corrected chi connectivity index (χ1v) is 8.49. The molecule has 0 amide bonds. The Labute approximate surface area is 132 Å². The summed E-state index contributed by atoms with van der Waals surface area (Å²) in [7, 11) is 0. The van der Waals surface area contributed by atoms with Crippen molar-refractivity contribution in [2.24, 2.45) is 0 Å². The van der Waals surface area contributed by atoms with Crippen molar-refractivity contribution >= 4 is 33.9 Å². The Morgan fingerprint density at radius 2 is 2.14 bits per heavy atom. The van der Waals surface area contributed by atoms with E-state index in [1.165, 1.54) is 22.5 Å². The van der Waals surface area contributed by atoms with Crippen LogP contribution >= 0.6 is 23.1 Å². The van der Waals surface area contributed by atoms with E-state index in [-0.39, 0.29) is 6.61 Å². The Morgan fingerprint density at radius 1 is 1.29 bits per heavy atom. The zero-order chi connectivity index (χ0) is 15.1. The van der Waals surface area contributed by atoms with Crippen molar-refractivity contribution < 1.29 is 9.84 Å². The molecule has 114 valence electrons. The maximum absolute atomic E-state index is 8.61. The van der Waals surface area contributed by atoms with E-state index in [1.807, 2.05) is 12.1 Å². The molecule has 0 bridgehead atoms. The number of rotatable bonds is 8.